The maximum atomic E-state index is 14.8. The molecule has 0 heterocycles. The van der Waals surface area contributed by atoms with Gasteiger partial charge in [-0.3, -0.25) is 4.79 Å². The summed E-state index contributed by atoms with van der Waals surface area (Å²) in [7, 11) is -3.48. The molecular weight excluding hydrogens is 415 g/mol. The highest BCUT2D eigenvalue weighted by molar-refractivity contribution is 7.83. The van der Waals surface area contributed by atoms with Crippen molar-refractivity contribution in [1.29, 1.82) is 0 Å². The molecule has 0 aliphatic carbocycles. The molecule has 0 saturated carbocycles. The van der Waals surface area contributed by atoms with Crippen LogP contribution in [0.1, 0.15) is 0 Å². The Labute approximate surface area is 188 Å². The quantitative estimate of drug-likeness (QED) is 0.292. The van der Waals surface area contributed by atoms with Crippen molar-refractivity contribution in [2.75, 3.05) is 10.6 Å². The molecule has 5 heteroatoms. The van der Waals surface area contributed by atoms with Crippen molar-refractivity contribution >= 4 is 35.0 Å². The Bertz CT molecular complexity index is 1200. The second kappa shape index (κ2) is 9.95. The van der Waals surface area contributed by atoms with Gasteiger partial charge in [-0.05, 0) is 24.3 Å². The Balaban J connectivity index is 1.85. The Morgan fingerprint density at radius 3 is 1.47 bits per heavy atom. The number of para-hydroxylation sites is 2. The van der Waals surface area contributed by atoms with E-state index in [2.05, 4.69) is 10.6 Å². The highest BCUT2D eigenvalue weighted by atomic mass is 31.2. The molecule has 0 aromatic heterocycles. The molecule has 0 bridgehead atoms. The average molecular weight is 438 g/mol. The van der Waals surface area contributed by atoms with Crippen LogP contribution in [0.15, 0.2) is 133 Å². The first-order valence-corrected chi connectivity index (χ1v) is 12.0. The monoisotopic (exact) mass is 438 g/mol. The van der Waals surface area contributed by atoms with Crippen molar-refractivity contribution in [3.05, 3.63) is 133 Å². The summed E-state index contributed by atoms with van der Waals surface area (Å²) in [6.45, 7) is 0. The number of rotatable bonds is 7. The highest BCUT2D eigenvalue weighted by Crippen LogP contribution is 2.52. The van der Waals surface area contributed by atoms with Crippen LogP contribution in [0, 0.1) is 0 Å². The lowest BCUT2D eigenvalue weighted by atomic mass is 10.3. The number of hydrogen-bond acceptors (Lipinski definition) is 3. The lowest BCUT2D eigenvalue weighted by molar-refractivity contribution is -0.112. The summed E-state index contributed by atoms with van der Waals surface area (Å²) in [4.78, 5) is 13.5. The Morgan fingerprint density at radius 2 is 1.00 bits per heavy atom. The molecule has 0 spiro atoms. The van der Waals surface area contributed by atoms with E-state index in [0.717, 1.165) is 5.69 Å². The summed E-state index contributed by atoms with van der Waals surface area (Å²) in [5, 5.41) is 7.42. The SMILES string of the molecule is O=C(Nc1ccccc1)/C(=C\Nc1ccccc1)P(=O)(c1ccccc1)c1ccccc1. The molecule has 4 rings (SSSR count). The zero-order chi connectivity index (χ0) is 22.2. The summed E-state index contributed by atoms with van der Waals surface area (Å²) in [6.07, 6.45) is 1.56. The van der Waals surface area contributed by atoms with E-state index in [1.165, 1.54) is 0 Å². The smallest absolute Gasteiger partial charge is 0.261 e. The van der Waals surface area contributed by atoms with Crippen LogP contribution in [0.3, 0.4) is 0 Å². The van der Waals surface area contributed by atoms with Gasteiger partial charge in [-0.15, -0.1) is 0 Å². The molecule has 0 saturated heterocycles. The lowest BCUT2D eigenvalue weighted by Crippen LogP contribution is -2.25. The van der Waals surface area contributed by atoms with Crippen molar-refractivity contribution in [3.8, 4) is 0 Å². The van der Waals surface area contributed by atoms with Gasteiger partial charge in [0.05, 0.1) is 0 Å². The van der Waals surface area contributed by atoms with Crippen molar-refractivity contribution in [3.63, 3.8) is 0 Å². The average Bonchev–Trinajstić information content (AvgIpc) is 2.86. The number of benzene rings is 4. The van der Waals surface area contributed by atoms with Crippen LogP contribution in [0.5, 0.6) is 0 Å². The lowest BCUT2D eigenvalue weighted by Gasteiger charge is -2.22. The second-order valence-corrected chi connectivity index (χ2v) is 9.87. The van der Waals surface area contributed by atoms with Gasteiger partial charge in [0.1, 0.15) is 5.31 Å². The molecule has 0 atom stereocenters. The van der Waals surface area contributed by atoms with Crippen LogP contribution in [-0.2, 0) is 9.36 Å². The Morgan fingerprint density at radius 1 is 0.594 bits per heavy atom. The molecule has 0 aliphatic heterocycles. The molecule has 0 radical (unpaired) electrons. The summed E-state index contributed by atoms with van der Waals surface area (Å²) in [6, 6.07) is 37.0. The van der Waals surface area contributed by atoms with Crippen molar-refractivity contribution in [1.82, 2.24) is 0 Å². The van der Waals surface area contributed by atoms with Crippen molar-refractivity contribution < 1.29 is 9.36 Å². The van der Waals surface area contributed by atoms with E-state index in [-0.39, 0.29) is 5.31 Å². The van der Waals surface area contributed by atoms with Crippen molar-refractivity contribution in [2.45, 2.75) is 0 Å². The summed E-state index contributed by atoms with van der Waals surface area (Å²) < 4.78 is 14.8. The predicted octanol–water partition coefficient (Wildman–Crippen LogP) is 5.59. The number of carbonyl (C=O) groups excluding carboxylic acids is 1. The molecule has 1 amide bonds. The minimum absolute atomic E-state index is 0.169. The molecule has 4 aromatic rings. The van der Waals surface area contributed by atoms with Gasteiger partial charge < -0.3 is 15.2 Å². The van der Waals surface area contributed by atoms with Crippen LogP contribution in [0.4, 0.5) is 11.4 Å². The summed E-state index contributed by atoms with van der Waals surface area (Å²) in [5.41, 5.74) is 1.43. The van der Waals surface area contributed by atoms with Crippen LogP contribution >= 0.6 is 7.14 Å². The predicted molar refractivity (Wildman–Crippen MR) is 133 cm³/mol. The molecule has 0 unspecified atom stereocenters. The zero-order valence-electron chi connectivity index (χ0n) is 17.4. The van der Waals surface area contributed by atoms with E-state index in [1.807, 2.05) is 84.9 Å². The second-order valence-electron chi connectivity index (χ2n) is 7.14. The third-order valence-electron chi connectivity index (χ3n) is 4.99. The van der Waals surface area contributed by atoms with Crippen LogP contribution in [0.2, 0.25) is 0 Å². The molecular formula is C27H23N2O2P. The maximum absolute atomic E-state index is 14.8. The first-order chi connectivity index (χ1) is 15.7. The molecule has 158 valence electrons. The highest BCUT2D eigenvalue weighted by Gasteiger charge is 2.36. The zero-order valence-corrected chi connectivity index (χ0v) is 18.3. The first kappa shape index (κ1) is 21.4. The fraction of sp³-hybridized carbons (Fsp3) is 0. The van der Waals surface area contributed by atoms with Gasteiger partial charge in [-0.1, -0.05) is 97.1 Å². The number of carbonyl (C=O) groups is 1. The number of hydrogen-bond donors (Lipinski definition) is 2. The fourth-order valence-electron chi connectivity index (χ4n) is 3.41. The van der Waals surface area contributed by atoms with Gasteiger partial charge >= 0.3 is 0 Å². The van der Waals surface area contributed by atoms with Gasteiger partial charge in [-0.2, -0.15) is 0 Å². The minimum Gasteiger partial charge on any atom is -0.361 e. The standard InChI is InChI=1S/C27H23N2O2P/c30-27(29-23-15-7-2-8-16-23)26(21-28-22-13-5-1-6-14-22)32(31,24-17-9-3-10-18-24)25-19-11-4-12-20-25/h1-21,28H,(H,29,30)/b26-21+. The molecule has 32 heavy (non-hydrogen) atoms. The number of amides is 1. The summed E-state index contributed by atoms with van der Waals surface area (Å²) >= 11 is 0. The van der Waals surface area contributed by atoms with Crippen molar-refractivity contribution in [2.24, 2.45) is 0 Å². The van der Waals surface area contributed by atoms with Crippen LogP contribution < -0.4 is 21.2 Å². The van der Waals surface area contributed by atoms with E-state index in [1.54, 1.807) is 42.6 Å². The normalized spacial score (nSPS) is 11.6. The molecule has 2 N–H and O–H groups in total. The molecule has 4 aromatic carbocycles. The first-order valence-electron chi connectivity index (χ1n) is 10.3. The topological polar surface area (TPSA) is 58.2 Å². The third kappa shape index (κ3) is 4.72. The summed E-state index contributed by atoms with van der Waals surface area (Å²) in [5.74, 6) is -0.421. The third-order valence-corrected chi connectivity index (χ3v) is 8.05. The van der Waals surface area contributed by atoms with Crippen LogP contribution in [-0.4, -0.2) is 5.91 Å². The fourth-order valence-corrected chi connectivity index (χ4v) is 6.03. The molecule has 4 nitrogen and oxygen atoms in total. The van der Waals surface area contributed by atoms with E-state index in [0.29, 0.717) is 16.3 Å². The van der Waals surface area contributed by atoms with E-state index >= 15 is 0 Å². The van der Waals surface area contributed by atoms with E-state index in [4.69, 9.17) is 0 Å². The number of anilines is 2. The van der Waals surface area contributed by atoms with Gasteiger partial charge in [0.2, 0.25) is 0 Å². The van der Waals surface area contributed by atoms with Gasteiger partial charge in [-0.25, -0.2) is 0 Å². The van der Waals surface area contributed by atoms with E-state index < -0.39 is 13.0 Å². The van der Waals surface area contributed by atoms with Gasteiger partial charge in [0.25, 0.3) is 5.91 Å². The molecule has 0 aliphatic rings. The Kier molecular flexibility index (Phi) is 6.64. The molecule has 0 fully saturated rings. The van der Waals surface area contributed by atoms with Crippen LogP contribution in [0.25, 0.3) is 0 Å². The maximum Gasteiger partial charge on any atom is 0.261 e. The minimum atomic E-state index is -3.48. The van der Waals surface area contributed by atoms with Gasteiger partial charge in [0.15, 0.2) is 7.14 Å². The van der Waals surface area contributed by atoms with E-state index in [9.17, 15) is 9.36 Å². The van der Waals surface area contributed by atoms with Gasteiger partial charge in [0, 0.05) is 28.2 Å². The number of nitrogens with one attached hydrogen (secondary N) is 2. The Hall–Kier alpha value is -3.88. The largest absolute Gasteiger partial charge is 0.361 e.